The van der Waals surface area contributed by atoms with E-state index in [-0.39, 0.29) is 37.0 Å². The second-order valence-electron chi connectivity index (χ2n) is 7.19. The van der Waals surface area contributed by atoms with Gasteiger partial charge in [0.25, 0.3) is 5.91 Å². The summed E-state index contributed by atoms with van der Waals surface area (Å²) in [5.74, 6) is -1.18. The minimum absolute atomic E-state index is 0.0506. The number of carbonyl (C=O) groups excluding carboxylic acids is 1. The van der Waals surface area contributed by atoms with E-state index >= 15 is 0 Å². The highest BCUT2D eigenvalue weighted by Crippen LogP contribution is 2.24. The average molecular weight is 424 g/mol. The van der Waals surface area contributed by atoms with Crippen molar-refractivity contribution < 1.29 is 26.7 Å². The first-order valence-electron chi connectivity index (χ1n) is 9.10. The van der Waals surface area contributed by atoms with Crippen LogP contribution >= 0.6 is 0 Å². The lowest BCUT2D eigenvalue weighted by Crippen LogP contribution is -2.56. The molecule has 3 rings (SSSR count). The molecule has 0 aromatic heterocycles. The van der Waals surface area contributed by atoms with Gasteiger partial charge in [-0.15, -0.1) is 0 Å². The second-order valence-corrected chi connectivity index (χ2v) is 9.10. The highest BCUT2D eigenvalue weighted by molar-refractivity contribution is 7.89. The van der Waals surface area contributed by atoms with E-state index in [2.05, 4.69) is 0 Å². The Morgan fingerprint density at radius 3 is 2.14 bits per heavy atom. The quantitative estimate of drug-likeness (QED) is 0.740. The smallest absolute Gasteiger partial charge is 0.266 e. The Morgan fingerprint density at radius 1 is 0.966 bits per heavy atom. The van der Waals surface area contributed by atoms with Gasteiger partial charge in [-0.2, -0.15) is 4.31 Å². The molecule has 0 aliphatic carbocycles. The first kappa shape index (κ1) is 21.2. The third kappa shape index (κ3) is 4.56. The standard InChI is InChI=1S/C20H22F2N2O4S/c1-20(2,28-16-9-7-15(21)8-10-16)19(25)23-11-13-24(14-12-23)29(26,27)18-6-4-3-5-17(18)22/h3-10H,11-14H2,1-2H3. The molecule has 1 fully saturated rings. The number of benzene rings is 2. The summed E-state index contributed by atoms with van der Waals surface area (Å²) in [5, 5.41) is 0. The monoisotopic (exact) mass is 424 g/mol. The van der Waals surface area contributed by atoms with Crippen LogP contribution < -0.4 is 4.74 Å². The number of sulfonamides is 1. The van der Waals surface area contributed by atoms with E-state index in [1.54, 1.807) is 13.8 Å². The van der Waals surface area contributed by atoms with Gasteiger partial charge in [-0.1, -0.05) is 12.1 Å². The van der Waals surface area contributed by atoms with Crippen LogP contribution in [0, 0.1) is 11.6 Å². The zero-order valence-electron chi connectivity index (χ0n) is 16.1. The minimum Gasteiger partial charge on any atom is -0.478 e. The summed E-state index contributed by atoms with van der Waals surface area (Å²) in [6.07, 6.45) is 0. The van der Waals surface area contributed by atoms with Gasteiger partial charge in [0.05, 0.1) is 0 Å². The van der Waals surface area contributed by atoms with Crippen molar-refractivity contribution in [2.45, 2.75) is 24.3 Å². The van der Waals surface area contributed by atoms with Crippen LogP contribution in [0.4, 0.5) is 8.78 Å². The topological polar surface area (TPSA) is 66.9 Å². The zero-order valence-corrected chi connectivity index (χ0v) is 17.0. The highest BCUT2D eigenvalue weighted by atomic mass is 32.2. The van der Waals surface area contributed by atoms with Crippen LogP contribution in [0.2, 0.25) is 0 Å². The summed E-state index contributed by atoms with van der Waals surface area (Å²) >= 11 is 0. The Bertz CT molecular complexity index is 986. The Kier molecular flexibility index (Phi) is 5.90. The molecule has 0 unspecified atom stereocenters. The van der Waals surface area contributed by atoms with Crippen LogP contribution in [0.15, 0.2) is 53.4 Å². The average Bonchev–Trinajstić information content (AvgIpc) is 2.69. The second kappa shape index (κ2) is 8.08. The molecule has 156 valence electrons. The molecule has 2 aromatic rings. The number of amides is 1. The fraction of sp³-hybridized carbons (Fsp3) is 0.350. The maximum Gasteiger partial charge on any atom is 0.266 e. The van der Waals surface area contributed by atoms with Crippen molar-refractivity contribution in [2.75, 3.05) is 26.2 Å². The minimum atomic E-state index is -3.98. The Labute approximate surface area is 168 Å². The Morgan fingerprint density at radius 2 is 1.55 bits per heavy atom. The molecule has 1 amide bonds. The molecule has 1 aliphatic heterocycles. The fourth-order valence-corrected chi connectivity index (χ4v) is 4.63. The SMILES string of the molecule is CC(C)(Oc1ccc(F)cc1)C(=O)N1CCN(S(=O)(=O)c2ccccc2F)CC1. The number of nitrogens with zero attached hydrogens (tertiary/aromatic N) is 2. The van der Waals surface area contributed by atoms with Crippen LogP contribution in [0.25, 0.3) is 0 Å². The first-order valence-corrected chi connectivity index (χ1v) is 10.5. The van der Waals surface area contributed by atoms with Gasteiger partial charge < -0.3 is 9.64 Å². The summed E-state index contributed by atoms with van der Waals surface area (Å²) in [6, 6.07) is 10.6. The maximum atomic E-state index is 13.9. The summed E-state index contributed by atoms with van der Waals surface area (Å²) in [5.41, 5.74) is -1.22. The number of carbonyl (C=O) groups is 1. The third-order valence-electron chi connectivity index (χ3n) is 4.68. The van der Waals surface area contributed by atoms with Gasteiger partial charge in [0, 0.05) is 26.2 Å². The molecule has 2 aromatic carbocycles. The largest absolute Gasteiger partial charge is 0.478 e. The molecular formula is C20H22F2N2O4S. The van der Waals surface area contributed by atoms with Crippen molar-refractivity contribution >= 4 is 15.9 Å². The van der Waals surface area contributed by atoms with Crippen molar-refractivity contribution in [1.29, 1.82) is 0 Å². The molecule has 0 saturated carbocycles. The van der Waals surface area contributed by atoms with E-state index < -0.39 is 27.3 Å². The van der Waals surface area contributed by atoms with E-state index in [4.69, 9.17) is 4.74 Å². The molecule has 0 radical (unpaired) electrons. The number of piperazine rings is 1. The number of hydrogen-bond acceptors (Lipinski definition) is 4. The lowest BCUT2D eigenvalue weighted by molar-refractivity contribution is -0.146. The van der Waals surface area contributed by atoms with Crippen LogP contribution in [0.5, 0.6) is 5.75 Å². The number of rotatable bonds is 5. The van der Waals surface area contributed by atoms with Crippen LogP contribution in [-0.2, 0) is 14.8 Å². The summed E-state index contributed by atoms with van der Waals surface area (Å²) < 4.78 is 59.2. The molecule has 1 aliphatic rings. The lowest BCUT2D eigenvalue weighted by Gasteiger charge is -2.38. The summed E-state index contributed by atoms with van der Waals surface area (Å²) in [6.45, 7) is 3.61. The van der Waals surface area contributed by atoms with Crippen molar-refractivity contribution in [3.05, 3.63) is 60.2 Å². The molecule has 1 saturated heterocycles. The maximum absolute atomic E-state index is 13.9. The predicted molar refractivity (Wildman–Crippen MR) is 103 cm³/mol. The van der Waals surface area contributed by atoms with Gasteiger partial charge in [0.2, 0.25) is 10.0 Å². The molecule has 0 N–H and O–H groups in total. The van der Waals surface area contributed by atoms with Crippen molar-refractivity contribution in [3.8, 4) is 5.75 Å². The molecule has 0 spiro atoms. The molecule has 0 atom stereocenters. The van der Waals surface area contributed by atoms with Gasteiger partial charge in [-0.25, -0.2) is 17.2 Å². The highest BCUT2D eigenvalue weighted by Gasteiger charge is 2.38. The Hall–Kier alpha value is -2.52. The number of halogens is 2. The van der Waals surface area contributed by atoms with Gasteiger partial charge in [-0.3, -0.25) is 4.79 Å². The van der Waals surface area contributed by atoms with E-state index in [0.717, 1.165) is 6.07 Å². The Balaban J connectivity index is 1.66. The normalized spacial score (nSPS) is 15.9. The van der Waals surface area contributed by atoms with Crippen molar-refractivity contribution in [2.24, 2.45) is 0 Å². The van der Waals surface area contributed by atoms with Crippen molar-refractivity contribution in [3.63, 3.8) is 0 Å². The molecule has 1 heterocycles. The molecular weight excluding hydrogens is 402 g/mol. The predicted octanol–water partition coefficient (Wildman–Crippen LogP) is 2.66. The van der Waals surface area contributed by atoms with Crippen molar-refractivity contribution in [1.82, 2.24) is 9.21 Å². The summed E-state index contributed by atoms with van der Waals surface area (Å²) in [4.78, 5) is 14.0. The van der Waals surface area contributed by atoms with E-state index in [0.29, 0.717) is 5.75 Å². The number of hydrogen-bond donors (Lipinski definition) is 0. The lowest BCUT2D eigenvalue weighted by atomic mass is 10.1. The first-order chi connectivity index (χ1) is 13.6. The van der Waals surface area contributed by atoms with E-state index in [1.165, 1.54) is 51.7 Å². The van der Waals surface area contributed by atoms with Crippen LogP contribution in [0.3, 0.4) is 0 Å². The zero-order chi connectivity index (χ0) is 21.2. The van der Waals surface area contributed by atoms with Crippen LogP contribution in [0.1, 0.15) is 13.8 Å². The van der Waals surface area contributed by atoms with Gasteiger partial charge in [-0.05, 0) is 50.2 Å². The molecule has 6 nitrogen and oxygen atoms in total. The summed E-state index contributed by atoms with van der Waals surface area (Å²) in [7, 11) is -3.98. The molecule has 0 bridgehead atoms. The number of ether oxygens (including phenoxy) is 1. The van der Waals surface area contributed by atoms with Gasteiger partial charge in [0.15, 0.2) is 5.60 Å². The molecule has 9 heteroatoms. The molecule has 29 heavy (non-hydrogen) atoms. The third-order valence-corrected chi connectivity index (χ3v) is 6.61. The van der Waals surface area contributed by atoms with Crippen LogP contribution in [-0.4, -0.2) is 55.3 Å². The van der Waals surface area contributed by atoms with E-state index in [9.17, 15) is 22.0 Å². The van der Waals surface area contributed by atoms with Gasteiger partial charge in [0.1, 0.15) is 22.3 Å². The van der Waals surface area contributed by atoms with Gasteiger partial charge >= 0.3 is 0 Å². The fourth-order valence-electron chi connectivity index (χ4n) is 3.15. The van der Waals surface area contributed by atoms with E-state index in [1.807, 2.05) is 0 Å².